The Morgan fingerprint density at radius 3 is 2.75 bits per heavy atom. The highest BCUT2D eigenvalue weighted by Crippen LogP contribution is 2.15. The Hall–Kier alpha value is -0.730. The Bertz CT molecular complexity index is 323. The van der Waals surface area contributed by atoms with Gasteiger partial charge in [0.15, 0.2) is 0 Å². The first kappa shape index (κ1) is 11.7. The zero-order chi connectivity index (χ0) is 11.4. The molecule has 2 rings (SSSR count). The van der Waals surface area contributed by atoms with Gasteiger partial charge in [-0.25, -0.2) is 0 Å². The van der Waals surface area contributed by atoms with Crippen molar-refractivity contribution in [1.29, 1.82) is 0 Å². The second-order valence-electron chi connectivity index (χ2n) is 4.58. The Morgan fingerprint density at radius 2 is 2.06 bits per heavy atom. The van der Waals surface area contributed by atoms with Gasteiger partial charge in [-0.3, -0.25) is 0 Å². The fourth-order valence-electron chi connectivity index (χ4n) is 2.21. The second-order valence-corrected chi connectivity index (χ2v) is 5.02. The fourth-order valence-corrected chi connectivity index (χ4v) is 2.34. The van der Waals surface area contributed by atoms with Crippen LogP contribution in [0.15, 0.2) is 24.3 Å². The number of piperidine rings is 1. The zero-order valence-electron chi connectivity index (χ0n) is 9.67. The first-order chi connectivity index (χ1) is 7.74. The molecule has 0 aromatic heterocycles. The van der Waals surface area contributed by atoms with Crippen LogP contribution in [0.1, 0.15) is 26.2 Å². The van der Waals surface area contributed by atoms with Crippen molar-refractivity contribution in [1.82, 2.24) is 5.32 Å². The average molecular weight is 239 g/mol. The standard InChI is InChI=1S/C13H19ClN2/c1-10-3-2-4-13(16-10)9-15-12-7-5-11(14)6-8-12/h5-8,10,13,15-16H,2-4,9H2,1H3. The van der Waals surface area contributed by atoms with E-state index in [1.54, 1.807) is 0 Å². The van der Waals surface area contributed by atoms with Gasteiger partial charge in [0.1, 0.15) is 0 Å². The second kappa shape index (κ2) is 5.55. The number of nitrogens with one attached hydrogen (secondary N) is 2. The van der Waals surface area contributed by atoms with Crippen LogP contribution in [-0.4, -0.2) is 18.6 Å². The molecular formula is C13H19ClN2. The van der Waals surface area contributed by atoms with E-state index in [-0.39, 0.29) is 0 Å². The van der Waals surface area contributed by atoms with Crippen molar-refractivity contribution < 1.29 is 0 Å². The van der Waals surface area contributed by atoms with E-state index in [2.05, 4.69) is 17.6 Å². The lowest BCUT2D eigenvalue weighted by Gasteiger charge is -2.29. The third-order valence-corrected chi connectivity index (χ3v) is 3.36. The molecule has 2 unspecified atom stereocenters. The van der Waals surface area contributed by atoms with Gasteiger partial charge in [-0.1, -0.05) is 18.0 Å². The molecule has 0 radical (unpaired) electrons. The molecule has 2 N–H and O–H groups in total. The summed E-state index contributed by atoms with van der Waals surface area (Å²) in [6.45, 7) is 3.25. The van der Waals surface area contributed by atoms with Gasteiger partial charge >= 0.3 is 0 Å². The molecular weight excluding hydrogens is 220 g/mol. The highest BCUT2D eigenvalue weighted by atomic mass is 35.5. The number of halogens is 1. The van der Waals surface area contributed by atoms with Gasteiger partial charge in [0.05, 0.1) is 0 Å². The maximum Gasteiger partial charge on any atom is 0.0407 e. The van der Waals surface area contributed by atoms with Crippen LogP contribution in [0.5, 0.6) is 0 Å². The highest BCUT2D eigenvalue weighted by molar-refractivity contribution is 6.30. The molecule has 88 valence electrons. The smallest absolute Gasteiger partial charge is 0.0407 e. The van der Waals surface area contributed by atoms with Gasteiger partial charge in [0.2, 0.25) is 0 Å². The lowest BCUT2D eigenvalue weighted by atomic mass is 9.99. The van der Waals surface area contributed by atoms with Crippen LogP contribution in [0.25, 0.3) is 0 Å². The lowest BCUT2D eigenvalue weighted by Crippen LogP contribution is -2.44. The number of benzene rings is 1. The minimum atomic E-state index is 0.597. The monoisotopic (exact) mass is 238 g/mol. The zero-order valence-corrected chi connectivity index (χ0v) is 10.4. The number of hydrogen-bond donors (Lipinski definition) is 2. The molecule has 0 aliphatic carbocycles. The van der Waals surface area contributed by atoms with Gasteiger partial charge in [0, 0.05) is 29.3 Å². The Labute approximate surface area is 102 Å². The summed E-state index contributed by atoms with van der Waals surface area (Å²) in [5.74, 6) is 0. The van der Waals surface area contributed by atoms with Crippen LogP contribution in [-0.2, 0) is 0 Å². The number of anilines is 1. The number of rotatable bonds is 3. The summed E-state index contributed by atoms with van der Waals surface area (Å²) in [7, 11) is 0. The largest absolute Gasteiger partial charge is 0.383 e. The summed E-state index contributed by atoms with van der Waals surface area (Å²) < 4.78 is 0. The van der Waals surface area contributed by atoms with E-state index < -0.39 is 0 Å². The summed E-state index contributed by atoms with van der Waals surface area (Å²) in [4.78, 5) is 0. The minimum absolute atomic E-state index is 0.597. The van der Waals surface area contributed by atoms with Crippen molar-refractivity contribution in [2.24, 2.45) is 0 Å². The third kappa shape index (κ3) is 3.39. The van der Waals surface area contributed by atoms with Gasteiger partial charge in [0.25, 0.3) is 0 Å². The predicted octanol–water partition coefficient (Wildman–Crippen LogP) is 3.28. The lowest BCUT2D eigenvalue weighted by molar-refractivity contribution is 0.345. The number of hydrogen-bond acceptors (Lipinski definition) is 2. The summed E-state index contributed by atoms with van der Waals surface area (Å²) in [5.41, 5.74) is 1.14. The quantitative estimate of drug-likeness (QED) is 0.845. The van der Waals surface area contributed by atoms with E-state index in [9.17, 15) is 0 Å². The van der Waals surface area contributed by atoms with E-state index >= 15 is 0 Å². The van der Waals surface area contributed by atoms with Crippen LogP contribution in [0, 0.1) is 0 Å². The summed E-state index contributed by atoms with van der Waals surface area (Å²) >= 11 is 5.84. The van der Waals surface area contributed by atoms with Crippen molar-refractivity contribution in [2.75, 3.05) is 11.9 Å². The Kier molecular flexibility index (Phi) is 4.08. The van der Waals surface area contributed by atoms with E-state index in [1.165, 1.54) is 19.3 Å². The van der Waals surface area contributed by atoms with Gasteiger partial charge in [-0.05, 0) is 44.0 Å². The minimum Gasteiger partial charge on any atom is -0.383 e. The normalized spacial score (nSPS) is 25.4. The molecule has 1 aromatic carbocycles. The van der Waals surface area contributed by atoms with E-state index in [4.69, 9.17) is 11.6 Å². The van der Waals surface area contributed by atoms with Gasteiger partial charge in [-0.15, -0.1) is 0 Å². The Morgan fingerprint density at radius 1 is 1.31 bits per heavy atom. The van der Waals surface area contributed by atoms with Crippen molar-refractivity contribution in [3.05, 3.63) is 29.3 Å². The highest BCUT2D eigenvalue weighted by Gasteiger charge is 2.16. The van der Waals surface area contributed by atoms with Crippen LogP contribution in [0.2, 0.25) is 5.02 Å². The van der Waals surface area contributed by atoms with Crippen molar-refractivity contribution >= 4 is 17.3 Å². The van der Waals surface area contributed by atoms with E-state index in [0.717, 1.165) is 17.3 Å². The molecule has 1 fully saturated rings. The topological polar surface area (TPSA) is 24.1 Å². The molecule has 0 amide bonds. The first-order valence-corrected chi connectivity index (χ1v) is 6.37. The molecule has 0 spiro atoms. The molecule has 2 nitrogen and oxygen atoms in total. The molecule has 0 saturated carbocycles. The SMILES string of the molecule is CC1CCCC(CNc2ccc(Cl)cc2)N1. The molecule has 1 aliphatic heterocycles. The van der Waals surface area contributed by atoms with Crippen LogP contribution < -0.4 is 10.6 Å². The molecule has 1 saturated heterocycles. The molecule has 2 atom stereocenters. The van der Waals surface area contributed by atoms with Crippen LogP contribution in [0.4, 0.5) is 5.69 Å². The van der Waals surface area contributed by atoms with E-state index in [0.29, 0.717) is 12.1 Å². The van der Waals surface area contributed by atoms with Crippen molar-refractivity contribution in [3.63, 3.8) is 0 Å². The van der Waals surface area contributed by atoms with Crippen molar-refractivity contribution in [3.8, 4) is 0 Å². The predicted molar refractivity (Wildman–Crippen MR) is 70.2 cm³/mol. The molecule has 16 heavy (non-hydrogen) atoms. The summed E-state index contributed by atoms with van der Waals surface area (Å²) in [6, 6.07) is 9.13. The van der Waals surface area contributed by atoms with Crippen molar-refractivity contribution in [2.45, 2.75) is 38.3 Å². The summed E-state index contributed by atoms with van der Waals surface area (Å²) in [6.07, 6.45) is 3.91. The average Bonchev–Trinajstić information content (AvgIpc) is 2.28. The maximum atomic E-state index is 5.84. The molecule has 1 aliphatic rings. The Balaban J connectivity index is 1.80. The van der Waals surface area contributed by atoms with E-state index in [1.807, 2.05) is 24.3 Å². The molecule has 1 aromatic rings. The molecule has 1 heterocycles. The maximum absolute atomic E-state index is 5.84. The van der Waals surface area contributed by atoms with Crippen LogP contribution in [0.3, 0.4) is 0 Å². The first-order valence-electron chi connectivity index (χ1n) is 5.99. The summed E-state index contributed by atoms with van der Waals surface area (Å²) in [5, 5.41) is 7.84. The van der Waals surface area contributed by atoms with Gasteiger partial charge < -0.3 is 10.6 Å². The fraction of sp³-hybridized carbons (Fsp3) is 0.538. The van der Waals surface area contributed by atoms with Crippen LogP contribution >= 0.6 is 11.6 Å². The molecule has 0 bridgehead atoms. The third-order valence-electron chi connectivity index (χ3n) is 3.11. The molecule has 3 heteroatoms. The van der Waals surface area contributed by atoms with Gasteiger partial charge in [-0.2, -0.15) is 0 Å².